The van der Waals surface area contributed by atoms with E-state index in [0.717, 1.165) is 22.5 Å². The molecular formula is C16H18ClN3O. The van der Waals surface area contributed by atoms with Crippen molar-refractivity contribution in [3.63, 3.8) is 0 Å². The molecule has 1 aromatic carbocycles. The van der Waals surface area contributed by atoms with Crippen LogP contribution < -0.4 is 10.6 Å². The lowest BCUT2D eigenvalue weighted by Crippen LogP contribution is -2.29. The van der Waals surface area contributed by atoms with Crippen LogP contribution in [0, 0.1) is 13.8 Å². The van der Waals surface area contributed by atoms with Gasteiger partial charge in [0.25, 0.3) is 0 Å². The van der Waals surface area contributed by atoms with Gasteiger partial charge in [-0.25, -0.2) is 0 Å². The molecule has 0 spiro atoms. The fourth-order valence-electron chi connectivity index (χ4n) is 2.06. The van der Waals surface area contributed by atoms with Gasteiger partial charge >= 0.3 is 0 Å². The van der Waals surface area contributed by atoms with Gasteiger partial charge in [-0.05, 0) is 43.2 Å². The Hall–Kier alpha value is -2.07. The summed E-state index contributed by atoms with van der Waals surface area (Å²) in [7, 11) is 0. The van der Waals surface area contributed by atoms with Crippen LogP contribution in [0.15, 0.2) is 36.5 Å². The van der Waals surface area contributed by atoms with Crippen molar-refractivity contribution in [2.45, 2.75) is 20.4 Å². The van der Waals surface area contributed by atoms with Gasteiger partial charge in [0, 0.05) is 6.20 Å². The highest BCUT2D eigenvalue weighted by Crippen LogP contribution is 2.26. The molecule has 1 amide bonds. The fourth-order valence-corrected chi connectivity index (χ4v) is 2.45. The Labute approximate surface area is 129 Å². The third-order valence-electron chi connectivity index (χ3n) is 3.05. The predicted molar refractivity (Wildman–Crippen MR) is 85.5 cm³/mol. The fraction of sp³-hybridized carbons (Fsp3) is 0.250. The Kier molecular flexibility index (Phi) is 5.17. The van der Waals surface area contributed by atoms with Gasteiger partial charge in [0.15, 0.2) is 0 Å². The van der Waals surface area contributed by atoms with E-state index in [0.29, 0.717) is 11.6 Å². The van der Waals surface area contributed by atoms with E-state index in [9.17, 15) is 4.79 Å². The van der Waals surface area contributed by atoms with E-state index in [4.69, 9.17) is 11.6 Å². The van der Waals surface area contributed by atoms with Crippen LogP contribution in [-0.4, -0.2) is 17.4 Å². The lowest BCUT2D eigenvalue weighted by molar-refractivity contribution is -0.119. The summed E-state index contributed by atoms with van der Waals surface area (Å²) >= 11 is 6.19. The van der Waals surface area contributed by atoms with Crippen LogP contribution in [0.3, 0.4) is 0 Å². The Morgan fingerprint density at radius 2 is 2.10 bits per heavy atom. The molecule has 0 aliphatic rings. The number of hydrogen-bond acceptors (Lipinski definition) is 3. The molecule has 0 unspecified atom stereocenters. The van der Waals surface area contributed by atoms with E-state index >= 15 is 0 Å². The number of amides is 1. The van der Waals surface area contributed by atoms with Crippen molar-refractivity contribution in [3.8, 4) is 0 Å². The minimum absolute atomic E-state index is 0.100. The number of aryl methyl sites for hydroxylation is 2. The van der Waals surface area contributed by atoms with Crippen LogP contribution in [0.1, 0.15) is 16.8 Å². The van der Waals surface area contributed by atoms with Crippen LogP contribution >= 0.6 is 11.6 Å². The van der Waals surface area contributed by atoms with Crippen LogP contribution in [0.25, 0.3) is 0 Å². The van der Waals surface area contributed by atoms with E-state index in [2.05, 4.69) is 15.6 Å². The second-order valence-electron chi connectivity index (χ2n) is 4.89. The molecular weight excluding hydrogens is 286 g/mol. The molecule has 0 saturated heterocycles. The number of hydrogen-bond donors (Lipinski definition) is 2. The molecule has 21 heavy (non-hydrogen) atoms. The molecule has 4 nitrogen and oxygen atoms in total. The number of rotatable bonds is 5. The van der Waals surface area contributed by atoms with Gasteiger partial charge in [0.1, 0.15) is 0 Å². The van der Waals surface area contributed by atoms with E-state index in [-0.39, 0.29) is 12.5 Å². The summed E-state index contributed by atoms with van der Waals surface area (Å²) in [6.45, 7) is 4.55. The Balaban J connectivity index is 1.87. The summed E-state index contributed by atoms with van der Waals surface area (Å²) in [6.07, 6.45) is 1.70. The van der Waals surface area contributed by atoms with Crippen molar-refractivity contribution in [2.75, 3.05) is 11.9 Å². The Morgan fingerprint density at radius 3 is 2.76 bits per heavy atom. The highest BCUT2D eigenvalue weighted by molar-refractivity contribution is 6.33. The van der Waals surface area contributed by atoms with Gasteiger partial charge in [-0.15, -0.1) is 0 Å². The topological polar surface area (TPSA) is 54.0 Å². The molecule has 0 radical (unpaired) electrons. The van der Waals surface area contributed by atoms with Crippen molar-refractivity contribution in [1.29, 1.82) is 0 Å². The molecule has 0 bridgehead atoms. The molecule has 0 atom stereocenters. The first-order valence-corrected chi connectivity index (χ1v) is 7.11. The maximum atomic E-state index is 11.8. The molecule has 0 saturated carbocycles. The van der Waals surface area contributed by atoms with Gasteiger partial charge in [-0.3, -0.25) is 9.78 Å². The van der Waals surface area contributed by atoms with Crippen LogP contribution in [-0.2, 0) is 11.3 Å². The minimum atomic E-state index is -0.100. The third-order valence-corrected chi connectivity index (χ3v) is 3.35. The van der Waals surface area contributed by atoms with Crippen molar-refractivity contribution >= 4 is 23.2 Å². The molecule has 0 fully saturated rings. The van der Waals surface area contributed by atoms with Crippen molar-refractivity contribution in [1.82, 2.24) is 10.3 Å². The molecule has 2 aromatic rings. The first kappa shape index (κ1) is 15.3. The number of aromatic nitrogens is 1. The van der Waals surface area contributed by atoms with Gasteiger partial charge in [-0.2, -0.15) is 0 Å². The quantitative estimate of drug-likeness (QED) is 0.892. The van der Waals surface area contributed by atoms with Crippen LogP contribution in [0.5, 0.6) is 0 Å². The number of halogens is 1. The smallest absolute Gasteiger partial charge is 0.239 e. The maximum absolute atomic E-state index is 11.8. The zero-order valence-electron chi connectivity index (χ0n) is 12.1. The molecule has 2 N–H and O–H groups in total. The Bertz CT molecular complexity index is 606. The lowest BCUT2D eigenvalue weighted by atomic mass is 10.1. The number of carbonyl (C=O) groups is 1. The van der Waals surface area contributed by atoms with E-state index < -0.39 is 0 Å². The minimum Gasteiger partial charge on any atom is -0.375 e. The molecule has 1 heterocycles. The van der Waals surface area contributed by atoms with Crippen molar-refractivity contribution in [3.05, 3.63) is 58.4 Å². The molecule has 0 aliphatic heterocycles. The molecule has 2 rings (SSSR count). The number of carbonyl (C=O) groups excluding carboxylic acids is 1. The average molecular weight is 304 g/mol. The largest absolute Gasteiger partial charge is 0.375 e. The van der Waals surface area contributed by atoms with Crippen LogP contribution in [0.4, 0.5) is 5.69 Å². The summed E-state index contributed by atoms with van der Waals surface area (Å²) in [5.41, 5.74) is 3.76. The zero-order chi connectivity index (χ0) is 15.2. The Morgan fingerprint density at radius 1 is 1.29 bits per heavy atom. The van der Waals surface area contributed by atoms with E-state index in [1.54, 1.807) is 6.20 Å². The summed E-state index contributed by atoms with van der Waals surface area (Å²) in [4.78, 5) is 16.0. The number of pyridine rings is 1. The summed E-state index contributed by atoms with van der Waals surface area (Å²) in [5, 5.41) is 6.52. The summed E-state index contributed by atoms with van der Waals surface area (Å²) in [6, 6.07) is 9.51. The first-order valence-electron chi connectivity index (χ1n) is 6.73. The van der Waals surface area contributed by atoms with Gasteiger partial charge in [-0.1, -0.05) is 23.7 Å². The highest BCUT2D eigenvalue weighted by atomic mass is 35.5. The number of benzene rings is 1. The highest BCUT2D eigenvalue weighted by Gasteiger charge is 2.07. The monoisotopic (exact) mass is 303 g/mol. The zero-order valence-corrected chi connectivity index (χ0v) is 12.9. The van der Waals surface area contributed by atoms with Crippen molar-refractivity contribution < 1.29 is 4.79 Å². The standard InChI is InChI=1S/C16H18ClN3O/c1-11-7-12(2)16(14(17)8-11)20-10-15(21)19-9-13-5-3-4-6-18-13/h3-8,20H,9-10H2,1-2H3,(H,19,21). The predicted octanol–water partition coefficient (Wildman–Crippen LogP) is 3.08. The second-order valence-corrected chi connectivity index (χ2v) is 5.30. The SMILES string of the molecule is Cc1cc(C)c(NCC(=O)NCc2ccccn2)c(Cl)c1. The lowest BCUT2D eigenvalue weighted by Gasteiger charge is -2.12. The van der Waals surface area contributed by atoms with Crippen molar-refractivity contribution in [2.24, 2.45) is 0 Å². The maximum Gasteiger partial charge on any atom is 0.239 e. The van der Waals surface area contributed by atoms with E-state index in [1.807, 2.05) is 44.2 Å². The average Bonchev–Trinajstić information content (AvgIpc) is 2.45. The third kappa shape index (κ3) is 4.46. The number of anilines is 1. The molecule has 0 aliphatic carbocycles. The van der Waals surface area contributed by atoms with Gasteiger partial charge in [0.05, 0.1) is 29.5 Å². The second kappa shape index (κ2) is 7.09. The number of nitrogens with zero attached hydrogens (tertiary/aromatic N) is 1. The molecule has 5 heteroatoms. The van der Waals surface area contributed by atoms with Gasteiger partial charge < -0.3 is 10.6 Å². The van der Waals surface area contributed by atoms with Gasteiger partial charge in [0.2, 0.25) is 5.91 Å². The molecule has 110 valence electrons. The van der Waals surface area contributed by atoms with Crippen LogP contribution in [0.2, 0.25) is 5.02 Å². The molecule has 1 aromatic heterocycles. The summed E-state index contributed by atoms with van der Waals surface area (Å²) < 4.78 is 0. The van der Waals surface area contributed by atoms with E-state index in [1.165, 1.54) is 0 Å². The first-order chi connectivity index (χ1) is 10.1. The summed E-state index contributed by atoms with van der Waals surface area (Å²) in [5.74, 6) is -0.100. The number of nitrogens with one attached hydrogen (secondary N) is 2. The normalized spacial score (nSPS) is 10.2.